The quantitative estimate of drug-likeness (QED) is 0.398. The molecule has 1 fully saturated rings. The van der Waals surface area contributed by atoms with Crippen molar-refractivity contribution in [3.8, 4) is 22.6 Å². The van der Waals surface area contributed by atoms with E-state index in [9.17, 15) is 19.2 Å². The van der Waals surface area contributed by atoms with Gasteiger partial charge in [-0.25, -0.2) is 9.59 Å². The van der Waals surface area contributed by atoms with Crippen molar-refractivity contribution in [2.24, 2.45) is 0 Å². The predicted molar refractivity (Wildman–Crippen MR) is 169 cm³/mol. The SMILES string of the molecule is CCOc1cccc(-c2cn(CC(=O)N3CCC(N4CCc5cc(OC)ccc5NC4=O)CC3)c(=O)n(C(C)C)c2=O)c1Cl. The van der Waals surface area contributed by atoms with E-state index in [4.69, 9.17) is 21.1 Å². The summed E-state index contributed by atoms with van der Waals surface area (Å²) in [5, 5.41) is 3.28. The molecule has 0 unspecified atom stereocenters. The lowest BCUT2D eigenvalue weighted by Crippen LogP contribution is -2.51. The zero-order valence-corrected chi connectivity index (χ0v) is 26.2. The number of amides is 3. The van der Waals surface area contributed by atoms with E-state index in [1.807, 2.05) is 30.0 Å². The zero-order chi connectivity index (χ0) is 31.5. The molecule has 0 bridgehead atoms. The Hall–Kier alpha value is -4.25. The van der Waals surface area contributed by atoms with E-state index in [1.165, 1.54) is 10.8 Å². The monoisotopic (exact) mass is 623 g/mol. The van der Waals surface area contributed by atoms with Gasteiger partial charge in [0.1, 0.15) is 18.0 Å². The highest BCUT2D eigenvalue weighted by Crippen LogP contribution is 2.34. The van der Waals surface area contributed by atoms with E-state index in [0.717, 1.165) is 21.6 Å². The van der Waals surface area contributed by atoms with Crippen LogP contribution in [0.5, 0.6) is 11.5 Å². The number of anilines is 1. The van der Waals surface area contributed by atoms with Crippen molar-refractivity contribution in [1.82, 2.24) is 18.9 Å². The Morgan fingerprint density at radius 1 is 1.07 bits per heavy atom. The molecule has 2 aliphatic heterocycles. The summed E-state index contributed by atoms with van der Waals surface area (Å²) in [7, 11) is 1.62. The maximum absolute atomic E-state index is 13.5. The summed E-state index contributed by atoms with van der Waals surface area (Å²) in [6, 6.07) is 10.2. The maximum Gasteiger partial charge on any atom is 0.331 e. The molecule has 2 aromatic carbocycles. The number of rotatable bonds is 8. The van der Waals surface area contributed by atoms with Gasteiger partial charge < -0.3 is 24.6 Å². The highest BCUT2D eigenvalue weighted by atomic mass is 35.5. The van der Waals surface area contributed by atoms with E-state index in [1.54, 1.807) is 44.1 Å². The van der Waals surface area contributed by atoms with Gasteiger partial charge in [0.05, 0.1) is 24.3 Å². The molecule has 3 aromatic rings. The molecular formula is C32H38ClN5O6. The number of hydrogen-bond donors (Lipinski definition) is 1. The van der Waals surface area contributed by atoms with Gasteiger partial charge in [0.25, 0.3) is 5.56 Å². The van der Waals surface area contributed by atoms with Crippen LogP contribution in [0.1, 0.15) is 45.2 Å². The number of nitrogens with zero attached hydrogens (tertiary/aromatic N) is 4. The van der Waals surface area contributed by atoms with Crippen LogP contribution in [0, 0.1) is 0 Å². The van der Waals surface area contributed by atoms with Crippen LogP contribution in [0.3, 0.4) is 0 Å². The third kappa shape index (κ3) is 6.19. The standard InChI is InChI=1S/C32H38ClN5O6/c1-5-44-27-8-6-7-24(29(27)33)25-18-36(32(42)38(20(2)3)30(25)40)19-28(39)35-14-12-22(13-15-35)37-16-11-21-17-23(43-4)9-10-26(21)34-31(37)41/h6-10,17-18,20,22H,5,11-16,19H2,1-4H3,(H,34,41). The van der Waals surface area contributed by atoms with Gasteiger partial charge in [-0.1, -0.05) is 23.7 Å². The lowest BCUT2D eigenvalue weighted by Gasteiger charge is -2.38. The second-order valence-corrected chi connectivity index (χ2v) is 11.7. The van der Waals surface area contributed by atoms with Crippen LogP contribution in [0.25, 0.3) is 11.1 Å². The van der Waals surface area contributed by atoms with Crippen molar-refractivity contribution in [3.05, 3.63) is 74.0 Å². The Morgan fingerprint density at radius 2 is 1.82 bits per heavy atom. The molecule has 12 heteroatoms. The summed E-state index contributed by atoms with van der Waals surface area (Å²) >= 11 is 6.61. The number of benzene rings is 2. The van der Waals surface area contributed by atoms with Crippen LogP contribution >= 0.6 is 11.6 Å². The van der Waals surface area contributed by atoms with Gasteiger partial charge in [-0.2, -0.15) is 0 Å². The van der Waals surface area contributed by atoms with E-state index in [-0.39, 0.29) is 35.1 Å². The third-order valence-electron chi connectivity index (χ3n) is 8.26. The number of fused-ring (bicyclic) bond motifs is 1. The number of halogens is 1. The van der Waals surface area contributed by atoms with Crippen LogP contribution in [0.4, 0.5) is 10.5 Å². The number of methoxy groups -OCH3 is 1. The van der Waals surface area contributed by atoms with Crippen molar-refractivity contribution in [1.29, 1.82) is 0 Å². The van der Waals surface area contributed by atoms with Crippen molar-refractivity contribution >= 4 is 29.2 Å². The molecule has 0 spiro atoms. The number of hydrogen-bond acceptors (Lipinski definition) is 6. The second-order valence-electron chi connectivity index (χ2n) is 11.3. The molecule has 44 heavy (non-hydrogen) atoms. The summed E-state index contributed by atoms with van der Waals surface area (Å²) in [5.74, 6) is 0.940. The summed E-state index contributed by atoms with van der Waals surface area (Å²) < 4.78 is 13.4. The summed E-state index contributed by atoms with van der Waals surface area (Å²) in [6.45, 7) is 6.95. The van der Waals surface area contributed by atoms with Crippen LogP contribution in [0.2, 0.25) is 5.02 Å². The predicted octanol–water partition coefficient (Wildman–Crippen LogP) is 4.40. The molecule has 0 atom stereocenters. The smallest absolute Gasteiger partial charge is 0.331 e. The average molecular weight is 624 g/mol. The first-order valence-corrected chi connectivity index (χ1v) is 15.3. The number of carbonyl (C=O) groups is 2. The first-order valence-electron chi connectivity index (χ1n) is 14.9. The lowest BCUT2D eigenvalue weighted by atomic mass is 10.0. The number of carbonyl (C=O) groups excluding carboxylic acids is 2. The van der Waals surface area contributed by atoms with Crippen LogP contribution in [0.15, 0.2) is 52.2 Å². The van der Waals surface area contributed by atoms with E-state index < -0.39 is 17.3 Å². The lowest BCUT2D eigenvalue weighted by molar-refractivity contribution is -0.133. The molecule has 0 aliphatic carbocycles. The summed E-state index contributed by atoms with van der Waals surface area (Å²) in [6.07, 6.45) is 3.34. The molecule has 1 aromatic heterocycles. The minimum atomic E-state index is -0.563. The van der Waals surface area contributed by atoms with Crippen LogP contribution in [-0.4, -0.2) is 70.3 Å². The molecule has 5 rings (SSSR count). The Balaban J connectivity index is 1.31. The normalized spacial score (nSPS) is 15.5. The van der Waals surface area contributed by atoms with Gasteiger partial charge in [0, 0.05) is 49.2 Å². The highest BCUT2D eigenvalue weighted by molar-refractivity contribution is 6.34. The topological polar surface area (TPSA) is 115 Å². The molecule has 2 aliphatic rings. The number of urea groups is 1. The maximum atomic E-state index is 13.5. The van der Waals surface area contributed by atoms with Crippen molar-refractivity contribution in [2.75, 3.05) is 38.7 Å². The summed E-state index contributed by atoms with van der Waals surface area (Å²) in [4.78, 5) is 57.0. The van der Waals surface area contributed by atoms with Gasteiger partial charge >= 0.3 is 11.7 Å². The Morgan fingerprint density at radius 3 is 2.50 bits per heavy atom. The molecule has 1 N–H and O–H groups in total. The number of nitrogens with one attached hydrogen (secondary N) is 1. The zero-order valence-electron chi connectivity index (χ0n) is 25.5. The second kappa shape index (κ2) is 13.2. The number of likely N-dealkylation sites (tertiary alicyclic amines) is 1. The molecule has 1 saturated heterocycles. The van der Waals surface area contributed by atoms with Gasteiger partial charge in [0.2, 0.25) is 5.91 Å². The van der Waals surface area contributed by atoms with Crippen molar-refractivity contribution < 1.29 is 19.1 Å². The van der Waals surface area contributed by atoms with Crippen molar-refractivity contribution in [2.45, 2.75) is 58.7 Å². The Labute approximate surface area is 260 Å². The van der Waals surface area contributed by atoms with Gasteiger partial charge in [-0.3, -0.25) is 18.7 Å². The van der Waals surface area contributed by atoms with Gasteiger partial charge in [-0.15, -0.1) is 0 Å². The number of aromatic nitrogens is 2. The average Bonchev–Trinajstić information content (AvgIpc) is 3.17. The minimum absolute atomic E-state index is 0.0211. The number of piperidine rings is 1. The molecule has 234 valence electrons. The van der Waals surface area contributed by atoms with E-state index >= 15 is 0 Å². The van der Waals surface area contributed by atoms with E-state index in [2.05, 4.69) is 5.32 Å². The number of ether oxygens (including phenoxy) is 2. The fourth-order valence-corrected chi connectivity index (χ4v) is 6.22. The fraction of sp³-hybridized carbons (Fsp3) is 0.438. The molecule has 3 heterocycles. The molecule has 0 saturated carbocycles. The molecule has 0 radical (unpaired) electrons. The minimum Gasteiger partial charge on any atom is -0.497 e. The van der Waals surface area contributed by atoms with Crippen LogP contribution in [-0.2, 0) is 17.8 Å². The molecule has 3 amide bonds. The van der Waals surface area contributed by atoms with Crippen LogP contribution < -0.4 is 26.0 Å². The summed E-state index contributed by atoms with van der Waals surface area (Å²) in [5.41, 5.74) is 1.39. The first kappa shape index (κ1) is 31.2. The Bertz CT molecular complexity index is 1670. The Kier molecular flexibility index (Phi) is 9.33. The van der Waals surface area contributed by atoms with Crippen molar-refractivity contribution in [3.63, 3.8) is 0 Å². The fourth-order valence-electron chi connectivity index (χ4n) is 5.94. The van der Waals surface area contributed by atoms with Gasteiger partial charge in [0.15, 0.2) is 0 Å². The molecular weight excluding hydrogens is 586 g/mol. The third-order valence-corrected chi connectivity index (χ3v) is 8.65. The van der Waals surface area contributed by atoms with Gasteiger partial charge in [-0.05, 0) is 69.9 Å². The first-order chi connectivity index (χ1) is 21.1. The van der Waals surface area contributed by atoms with E-state index in [0.29, 0.717) is 56.8 Å². The molecule has 11 nitrogen and oxygen atoms in total. The highest BCUT2D eigenvalue weighted by Gasteiger charge is 2.32. The largest absolute Gasteiger partial charge is 0.497 e.